The largest absolute Gasteiger partial charge is 0.381 e. The maximum atomic E-state index is 14.4. The van der Waals surface area contributed by atoms with E-state index in [9.17, 15) is 14.0 Å². The van der Waals surface area contributed by atoms with Gasteiger partial charge in [-0.25, -0.2) is 4.39 Å². The van der Waals surface area contributed by atoms with Crippen molar-refractivity contribution in [2.75, 3.05) is 38.6 Å². The Morgan fingerprint density at radius 2 is 1.88 bits per heavy atom. The van der Waals surface area contributed by atoms with Gasteiger partial charge in [0.15, 0.2) is 0 Å². The second-order valence-electron chi connectivity index (χ2n) is 9.01. The molecule has 1 aliphatic heterocycles. The number of pyridine rings is 1. The van der Waals surface area contributed by atoms with Gasteiger partial charge in [0, 0.05) is 63.3 Å². The number of hydrogen-bond acceptors (Lipinski definition) is 5. The van der Waals surface area contributed by atoms with Crippen LogP contribution in [0.15, 0.2) is 30.5 Å². The molecule has 0 bridgehead atoms. The quantitative estimate of drug-likeness (QED) is 0.726. The molecule has 1 saturated carbocycles. The van der Waals surface area contributed by atoms with Crippen LogP contribution in [-0.2, 0) is 16.1 Å². The molecule has 0 unspecified atom stereocenters. The van der Waals surface area contributed by atoms with Crippen LogP contribution in [-0.4, -0.2) is 66.0 Å². The Morgan fingerprint density at radius 3 is 2.52 bits per heavy atom. The Balaban J connectivity index is 1.36. The summed E-state index contributed by atoms with van der Waals surface area (Å²) in [6.45, 7) is 7.12. The van der Waals surface area contributed by atoms with Crippen LogP contribution in [0.1, 0.15) is 40.0 Å². The van der Waals surface area contributed by atoms with Crippen LogP contribution in [0.2, 0.25) is 0 Å². The van der Waals surface area contributed by atoms with E-state index in [1.807, 2.05) is 18.7 Å². The van der Waals surface area contributed by atoms with E-state index in [1.165, 1.54) is 18.3 Å². The van der Waals surface area contributed by atoms with Gasteiger partial charge in [0.05, 0.1) is 11.7 Å². The average molecular weight is 455 g/mol. The van der Waals surface area contributed by atoms with Gasteiger partial charge < -0.3 is 15.0 Å². The first-order valence-electron chi connectivity index (χ1n) is 11.4. The molecule has 1 aliphatic carbocycles. The number of aromatic nitrogens is 1. The van der Waals surface area contributed by atoms with Crippen molar-refractivity contribution >= 4 is 17.5 Å². The van der Waals surface area contributed by atoms with E-state index in [1.54, 1.807) is 19.2 Å². The summed E-state index contributed by atoms with van der Waals surface area (Å²) in [5.41, 5.74) is 3.37. The second-order valence-corrected chi connectivity index (χ2v) is 9.01. The number of carbonyl (C=O) groups is 2. The van der Waals surface area contributed by atoms with E-state index in [-0.39, 0.29) is 29.7 Å². The summed E-state index contributed by atoms with van der Waals surface area (Å²) >= 11 is 0. The molecule has 0 atom stereocenters. The SMILES string of the molecule is COC1CC(C(=O)N2CCN(Cc3cc(F)cc(NC(=O)c4ccc(C)nc4)c3C)CC2)C1. The molecule has 2 aliphatic rings. The molecule has 176 valence electrons. The molecule has 4 rings (SSSR count). The zero-order valence-corrected chi connectivity index (χ0v) is 19.4. The van der Waals surface area contributed by atoms with Gasteiger partial charge in [0.1, 0.15) is 5.82 Å². The van der Waals surface area contributed by atoms with E-state index >= 15 is 0 Å². The normalized spacial score (nSPS) is 20.9. The van der Waals surface area contributed by atoms with Gasteiger partial charge in [-0.15, -0.1) is 0 Å². The topological polar surface area (TPSA) is 74.8 Å². The van der Waals surface area contributed by atoms with Gasteiger partial charge in [-0.1, -0.05) is 0 Å². The molecule has 2 amide bonds. The van der Waals surface area contributed by atoms with Crippen molar-refractivity contribution in [3.63, 3.8) is 0 Å². The van der Waals surface area contributed by atoms with Crippen molar-refractivity contribution in [3.8, 4) is 0 Å². The summed E-state index contributed by atoms with van der Waals surface area (Å²) in [4.78, 5) is 33.5. The monoisotopic (exact) mass is 454 g/mol. The highest BCUT2D eigenvalue weighted by Crippen LogP contribution is 2.31. The van der Waals surface area contributed by atoms with Gasteiger partial charge in [-0.3, -0.25) is 19.5 Å². The second kappa shape index (κ2) is 9.97. The van der Waals surface area contributed by atoms with Crippen LogP contribution >= 0.6 is 0 Å². The molecule has 2 heterocycles. The lowest BCUT2D eigenvalue weighted by atomic mass is 9.81. The van der Waals surface area contributed by atoms with E-state index in [0.717, 1.165) is 42.8 Å². The van der Waals surface area contributed by atoms with Crippen molar-refractivity contribution in [1.29, 1.82) is 0 Å². The number of amides is 2. The predicted octanol–water partition coefficient (Wildman–Crippen LogP) is 3.16. The molecule has 8 heteroatoms. The Labute approximate surface area is 193 Å². The molecule has 2 fully saturated rings. The molecular formula is C25H31FN4O3. The molecule has 1 aromatic carbocycles. The molecule has 1 saturated heterocycles. The molecule has 2 aromatic rings. The molecule has 0 spiro atoms. The lowest BCUT2D eigenvalue weighted by molar-refractivity contribution is -0.145. The summed E-state index contributed by atoms with van der Waals surface area (Å²) in [5, 5.41) is 2.82. The van der Waals surface area contributed by atoms with Crippen LogP contribution in [0.3, 0.4) is 0 Å². The summed E-state index contributed by atoms with van der Waals surface area (Å²) in [7, 11) is 1.69. The standard InChI is InChI=1S/C25H31FN4O3/c1-16-4-5-18(14-27-16)24(31)28-23-13-21(26)10-20(17(23)2)15-29-6-8-30(9-7-29)25(32)19-11-22(12-19)33-3/h4-5,10,13-14,19,22H,6-9,11-12,15H2,1-3H3,(H,28,31). The molecule has 7 nitrogen and oxygen atoms in total. The molecule has 0 radical (unpaired) electrons. The third kappa shape index (κ3) is 5.39. The summed E-state index contributed by atoms with van der Waals surface area (Å²) < 4.78 is 19.7. The number of halogens is 1. The van der Waals surface area contributed by atoms with Crippen LogP contribution in [0.5, 0.6) is 0 Å². The first kappa shape index (κ1) is 23.3. The highest BCUT2D eigenvalue weighted by atomic mass is 19.1. The minimum absolute atomic E-state index is 0.0851. The van der Waals surface area contributed by atoms with Gasteiger partial charge in [-0.05, 0) is 62.1 Å². The number of nitrogens with one attached hydrogen (secondary N) is 1. The van der Waals surface area contributed by atoms with Crippen LogP contribution < -0.4 is 5.32 Å². The van der Waals surface area contributed by atoms with Crippen molar-refractivity contribution in [3.05, 3.63) is 58.7 Å². The van der Waals surface area contributed by atoms with Gasteiger partial charge in [0.2, 0.25) is 5.91 Å². The fourth-order valence-corrected chi connectivity index (χ4v) is 4.41. The van der Waals surface area contributed by atoms with Gasteiger partial charge in [0.25, 0.3) is 5.91 Å². The third-order valence-corrected chi connectivity index (χ3v) is 6.76. The number of carbonyl (C=O) groups excluding carboxylic acids is 2. The van der Waals surface area contributed by atoms with E-state index in [0.29, 0.717) is 30.9 Å². The maximum Gasteiger partial charge on any atom is 0.257 e. The van der Waals surface area contributed by atoms with Crippen molar-refractivity contribution in [1.82, 2.24) is 14.8 Å². The van der Waals surface area contributed by atoms with Crippen LogP contribution in [0.4, 0.5) is 10.1 Å². The number of methoxy groups -OCH3 is 1. The highest BCUT2D eigenvalue weighted by Gasteiger charge is 2.37. The predicted molar refractivity (Wildman–Crippen MR) is 123 cm³/mol. The summed E-state index contributed by atoms with van der Waals surface area (Å²) in [5.74, 6) is -0.400. The van der Waals surface area contributed by atoms with E-state index in [4.69, 9.17) is 4.74 Å². The lowest BCUT2D eigenvalue weighted by Gasteiger charge is -2.40. The van der Waals surface area contributed by atoms with Crippen molar-refractivity contribution < 1.29 is 18.7 Å². The molecular weight excluding hydrogens is 423 g/mol. The first-order valence-corrected chi connectivity index (χ1v) is 11.4. The number of piperazine rings is 1. The maximum absolute atomic E-state index is 14.4. The fourth-order valence-electron chi connectivity index (χ4n) is 4.41. The van der Waals surface area contributed by atoms with Gasteiger partial charge >= 0.3 is 0 Å². The minimum atomic E-state index is -0.389. The first-order chi connectivity index (χ1) is 15.8. The zero-order chi connectivity index (χ0) is 23.5. The fraction of sp³-hybridized carbons (Fsp3) is 0.480. The van der Waals surface area contributed by atoms with Crippen LogP contribution in [0, 0.1) is 25.6 Å². The van der Waals surface area contributed by atoms with Crippen molar-refractivity contribution in [2.24, 2.45) is 5.92 Å². The Hall–Kier alpha value is -2.84. The minimum Gasteiger partial charge on any atom is -0.381 e. The molecule has 33 heavy (non-hydrogen) atoms. The zero-order valence-electron chi connectivity index (χ0n) is 19.4. The number of benzene rings is 1. The molecule has 1 aromatic heterocycles. The molecule has 1 N–H and O–H groups in total. The Bertz CT molecular complexity index is 1010. The van der Waals surface area contributed by atoms with Crippen LogP contribution in [0.25, 0.3) is 0 Å². The van der Waals surface area contributed by atoms with E-state index in [2.05, 4.69) is 15.2 Å². The number of aryl methyl sites for hydroxylation is 1. The lowest BCUT2D eigenvalue weighted by Crippen LogP contribution is -2.52. The highest BCUT2D eigenvalue weighted by molar-refractivity contribution is 6.04. The number of anilines is 1. The smallest absolute Gasteiger partial charge is 0.257 e. The Morgan fingerprint density at radius 1 is 1.15 bits per heavy atom. The number of ether oxygens (including phenoxy) is 1. The van der Waals surface area contributed by atoms with E-state index < -0.39 is 0 Å². The summed E-state index contributed by atoms with van der Waals surface area (Å²) in [6.07, 6.45) is 3.35. The number of nitrogens with zero attached hydrogens (tertiary/aromatic N) is 3. The average Bonchev–Trinajstić information content (AvgIpc) is 2.77. The number of hydrogen-bond donors (Lipinski definition) is 1. The van der Waals surface area contributed by atoms with Crippen molar-refractivity contribution in [2.45, 2.75) is 39.3 Å². The number of rotatable bonds is 6. The van der Waals surface area contributed by atoms with Gasteiger partial charge in [-0.2, -0.15) is 0 Å². The third-order valence-electron chi connectivity index (χ3n) is 6.76. The summed E-state index contributed by atoms with van der Waals surface area (Å²) in [6, 6.07) is 6.34. The Kier molecular flexibility index (Phi) is 7.05.